The van der Waals surface area contributed by atoms with Crippen LogP contribution in [-0.4, -0.2) is 55.3 Å². The van der Waals surface area contributed by atoms with Crippen molar-refractivity contribution in [1.29, 1.82) is 0 Å². The molecule has 136 valence electrons. The van der Waals surface area contributed by atoms with Crippen molar-refractivity contribution in [2.75, 3.05) is 24.6 Å². The molecule has 2 aliphatic heterocycles. The predicted octanol–water partition coefficient (Wildman–Crippen LogP) is 0.771. The first-order valence-corrected chi connectivity index (χ1v) is 10.4. The predicted molar refractivity (Wildman–Crippen MR) is 94.7 cm³/mol. The minimum atomic E-state index is -3.08. The normalized spacial score (nSPS) is 28.3. The van der Waals surface area contributed by atoms with Crippen LogP contribution in [0.4, 0.5) is 0 Å². The Morgan fingerprint density at radius 1 is 1.32 bits per heavy atom. The Morgan fingerprint density at radius 2 is 2.04 bits per heavy atom. The molecule has 2 atom stereocenters. The molecule has 2 aliphatic rings. The minimum Gasteiger partial charge on any atom is -0.350 e. The largest absolute Gasteiger partial charge is 0.350 e. The molecule has 0 bridgehead atoms. The Balaban J connectivity index is 1.54. The van der Waals surface area contributed by atoms with E-state index in [1.807, 2.05) is 30.3 Å². The van der Waals surface area contributed by atoms with E-state index in [4.69, 9.17) is 0 Å². The first-order chi connectivity index (χ1) is 11.8. The molecule has 0 aromatic heterocycles. The lowest BCUT2D eigenvalue weighted by Gasteiger charge is -2.25. The zero-order valence-corrected chi connectivity index (χ0v) is 15.2. The number of hydrogen-bond donors (Lipinski definition) is 1. The van der Waals surface area contributed by atoms with Gasteiger partial charge in [0, 0.05) is 19.5 Å². The summed E-state index contributed by atoms with van der Waals surface area (Å²) in [4.78, 5) is 26.4. The highest BCUT2D eigenvalue weighted by Crippen LogP contribution is 2.25. The summed E-state index contributed by atoms with van der Waals surface area (Å²) in [5.74, 6) is -0.542. The second-order valence-corrected chi connectivity index (χ2v) is 9.55. The molecule has 0 aliphatic carbocycles. The van der Waals surface area contributed by atoms with Gasteiger partial charge in [-0.1, -0.05) is 30.3 Å². The van der Waals surface area contributed by atoms with Crippen molar-refractivity contribution in [3.63, 3.8) is 0 Å². The Morgan fingerprint density at radius 3 is 2.68 bits per heavy atom. The van der Waals surface area contributed by atoms with E-state index in [1.54, 1.807) is 11.8 Å². The molecule has 2 heterocycles. The van der Waals surface area contributed by atoms with Crippen molar-refractivity contribution in [3.8, 4) is 0 Å². The monoisotopic (exact) mass is 364 g/mol. The third-order valence-corrected chi connectivity index (χ3v) is 6.93. The van der Waals surface area contributed by atoms with Gasteiger partial charge in [0.1, 0.15) is 0 Å². The van der Waals surface area contributed by atoms with Crippen LogP contribution in [0.3, 0.4) is 0 Å². The number of nitrogens with zero attached hydrogens (tertiary/aromatic N) is 1. The van der Waals surface area contributed by atoms with Gasteiger partial charge in [-0.15, -0.1) is 0 Å². The van der Waals surface area contributed by atoms with Crippen LogP contribution in [0.5, 0.6) is 0 Å². The van der Waals surface area contributed by atoms with Gasteiger partial charge in [-0.25, -0.2) is 8.42 Å². The molecule has 0 unspecified atom stereocenters. The van der Waals surface area contributed by atoms with Gasteiger partial charge in [0.15, 0.2) is 9.84 Å². The molecule has 3 rings (SSSR count). The van der Waals surface area contributed by atoms with Gasteiger partial charge in [-0.3, -0.25) is 9.59 Å². The van der Waals surface area contributed by atoms with E-state index in [9.17, 15) is 18.0 Å². The zero-order valence-electron chi connectivity index (χ0n) is 14.4. The number of likely N-dealkylation sites (tertiary alicyclic amines) is 1. The highest BCUT2D eigenvalue weighted by molar-refractivity contribution is 7.91. The number of benzene rings is 1. The summed E-state index contributed by atoms with van der Waals surface area (Å²) < 4.78 is 23.3. The number of nitrogens with one attached hydrogen (secondary N) is 1. The number of amides is 2. The molecule has 0 radical (unpaired) electrons. The van der Waals surface area contributed by atoms with Crippen LogP contribution in [0.25, 0.3) is 0 Å². The van der Waals surface area contributed by atoms with E-state index in [0.717, 1.165) is 12.0 Å². The third-order valence-electron chi connectivity index (χ3n) is 5.03. The van der Waals surface area contributed by atoms with E-state index in [0.29, 0.717) is 19.5 Å². The smallest absolute Gasteiger partial charge is 0.225 e. The average molecular weight is 364 g/mol. The minimum absolute atomic E-state index is 0.0136. The molecular weight excluding hydrogens is 340 g/mol. The maximum atomic E-state index is 12.5. The summed E-state index contributed by atoms with van der Waals surface area (Å²) in [5, 5.41) is 2.87. The molecular formula is C18H24N2O4S. The second-order valence-electron chi connectivity index (χ2n) is 7.37. The molecule has 7 heteroatoms. The van der Waals surface area contributed by atoms with Gasteiger partial charge >= 0.3 is 0 Å². The molecule has 0 spiro atoms. The molecule has 2 amide bonds. The zero-order chi connectivity index (χ0) is 18.1. The van der Waals surface area contributed by atoms with Gasteiger partial charge in [-0.2, -0.15) is 0 Å². The van der Waals surface area contributed by atoms with E-state index in [-0.39, 0.29) is 29.7 Å². The van der Waals surface area contributed by atoms with Crippen molar-refractivity contribution in [2.24, 2.45) is 5.92 Å². The highest BCUT2D eigenvalue weighted by Gasteiger charge is 2.42. The molecule has 1 aromatic carbocycles. The Bertz CT molecular complexity index is 763. The summed E-state index contributed by atoms with van der Waals surface area (Å²) in [6.07, 6.45) is 1.39. The van der Waals surface area contributed by atoms with Crippen molar-refractivity contribution in [1.82, 2.24) is 10.2 Å². The van der Waals surface area contributed by atoms with Crippen molar-refractivity contribution >= 4 is 21.7 Å². The maximum Gasteiger partial charge on any atom is 0.225 e. The number of rotatable bonds is 5. The number of carbonyl (C=O) groups excluding carboxylic acids is 2. The van der Waals surface area contributed by atoms with E-state index in [1.165, 1.54) is 0 Å². The van der Waals surface area contributed by atoms with Gasteiger partial charge in [0.2, 0.25) is 11.8 Å². The van der Waals surface area contributed by atoms with Crippen molar-refractivity contribution in [3.05, 3.63) is 35.9 Å². The van der Waals surface area contributed by atoms with Crippen LogP contribution in [-0.2, 0) is 25.8 Å². The average Bonchev–Trinajstić information content (AvgIpc) is 3.05. The molecule has 6 nitrogen and oxygen atoms in total. The molecule has 2 saturated heterocycles. The highest BCUT2D eigenvalue weighted by atomic mass is 32.2. The van der Waals surface area contributed by atoms with Crippen LogP contribution in [0, 0.1) is 5.92 Å². The van der Waals surface area contributed by atoms with Gasteiger partial charge < -0.3 is 10.2 Å². The SMILES string of the molecule is C[C@@]1(NC(=O)[C@@H]2CC(=O)N(CCc3ccccc3)C2)CCS(=O)(=O)C1. The molecule has 2 fully saturated rings. The maximum absolute atomic E-state index is 12.5. The van der Waals surface area contributed by atoms with Gasteiger partial charge in [-0.05, 0) is 25.3 Å². The molecule has 1 aromatic rings. The molecule has 0 saturated carbocycles. The van der Waals surface area contributed by atoms with E-state index >= 15 is 0 Å². The van der Waals surface area contributed by atoms with Crippen LogP contribution in [0.15, 0.2) is 30.3 Å². The van der Waals surface area contributed by atoms with Crippen LogP contribution in [0.1, 0.15) is 25.3 Å². The van der Waals surface area contributed by atoms with Crippen LogP contribution >= 0.6 is 0 Å². The van der Waals surface area contributed by atoms with Crippen molar-refractivity contribution in [2.45, 2.75) is 31.7 Å². The van der Waals surface area contributed by atoms with E-state index < -0.39 is 21.3 Å². The quantitative estimate of drug-likeness (QED) is 0.837. The fourth-order valence-electron chi connectivity index (χ4n) is 3.58. The summed E-state index contributed by atoms with van der Waals surface area (Å²) in [6.45, 7) is 2.76. The molecule has 1 N–H and O–H groups in total. The number of hydrogen-bond acceptors (Lipinski definition) is 4. The Labute approximate surface area is 148 Å². The lowest BCUT2D eigenvalue weighted by Crippen LogP contribution is -2.49. The lowest BCUT2D eigenvalue weighted by atomic mass is 9.99. The van der Waals surface area contributed by atoms with Gasteiger partial charge in [0.25, 0.3) is 0 Å². The fraction of sp³-hybridized carbons (Fsp3) is 0.556. The van der Waals surface area contributed by atoms with E-state index in [2.05, 4.69) is 5.32 Å². The fourth-order valence-corrected chi connectivity index (χ4v) is 5.67. The lowest BCUT2D eigenvalue weighted by molar-refractivity contribution is -0.129. The first-order valence-electron chi connectivity index (χ1n) is 8.61. The first kappa shape index (κ1) is 17.9. The summed E-state index contributed by atoms with van der Waals surface area (Å²) in [5.41, 5.74) is 0.447. The second kappa shape index (κ2) is 6.78. The number of sulfone groups is 1. The van der Waals surface area contributed by atoms with Crippen molar-refractivity contribution < 1.29 is 18.0 Å². The molecule has 25 heavy (non-hydrogen) atoms. The van der Waals surface area contributed by atoms with Gasteiger partial charge in [0.05, 0.1) is 23.0 Å². The van der Waals surface area contributed by atoms with Crippen LogP contribution in [0.2, 0.25) is 0 Å². The summed E-state index contributed by atoms with van der Waals surface area (Å²) in [7, 11) is -3.08. The third kappa shape index (κ3) is 4.39. The Kier molecular flexibility index (Phi) is 4.86. The van der Waals surface area contributed by atoms with Crippen LogP contribution < -0.4 is 5.32 Å². The standard InChI is InChI=1S/C18H24N2O4S/c1-18(8-10-25(23,24)13-18)19-17(22)15-11-16(21)20(12-15)9-7-14-5-3-2-4-6-14/h2-6,15H,7-13H2,1H3,(H,19,22)/t15-,18-/m1/s1. The number of carbonyl (C=O) groups is 2. The summed E-state index contributed by atoms with van der Waals surface area (Å²) >= 11 is 0. The summed E-state index contributed by atoms with van der Waals surface area (Å²) in [6, 6.07) is 9.92. The topological polar surface area (TPSA) is 83.6 Å². The Hall–Kier alpha value is -1.89.